The minimum atomic E-state index is -3.62. The maximum atomic E-state index is 13.0. The van der Waals surface area contributed by atoms with Gasteiger partial charge in [-0.05, 0) is 31.2 Å². The lowest BCUT2D eigenvalue weighted by Gasteiger charge is -2.36. The van der Waals surface area contributed by atoms with E-state index >= 15 is 0 Å². The molecule has 0 N–H and O–H groups in total. The molecule has 2 aromatic carbocycles. The number of nitrogens with zero attached hydrogens (tertiary/aromatic N) is 3. The number of fused-ring (bicyclic) bond motifs is 1. The van der Waals surface area contributed by atoms with Crippen LogP contribution in [0.4, 0.5) is 0 Å². The molecule has 0 saturated carbocycles. The lowest BCUT2D eigenvalue weighted by molar-refractivity contribution is -0.136. The van der Waals surface area contributed by atoms with Gasteiger partial charge in [-0.3, -0.25) is 19.3 Å². The Kier molecular flexibility index (Phi) is 5.17. The summed E-state index contributed by atoms with van der Waals surface area (Å²) < 4.78 is 26.8. The van der Waals surface area contributed by atoms with Gasteiger partial charge in [0.15, 0.2) is 0 Å². The SMILES string of the molecule is CC(C(=O)N1CCN(S(=O)(=O)c2ccccc2)CC1)N1C(=O)c2ccccc2C1=O. The Morgan fingerprint density at radius 2 is 1.33 bits per heavy atom. The van der Waals surface area contributed by atoms with Crippen LogP contribution in [0.1, 0.15) is 27.6 Å². The van der Waals surface area contributed by atoms with E-state index in [1.807, 2.05) is 0 Å². The Labute approximate surface area is 174 Å². The zero-order valence-electron chi connectivity index (χ0n) is 16.4. The number of hydrogen-bond acceptors (Lipinski definition) is 5. The van der Waals surface area contributed by atoms with Gasteiger partial charge in [-0.2, -0.15) is 4.31 Å². The first-order chi connectivity index (χ1) is 14.3. The zero-order valence-corrected chi connectivity index (χ0v) is 17.2. The summed E-state index contributed by atoms with van der Waals surface area (Å²) in [5.41, 5.74) is 0.585. The Hall–Kier alpha value is -3.04. The Bertz CT molecular complexity index is 1070. The van der Waals surface area contributed by atoms with Crippen molar-refractivity contribution in [2.24, 2.45) is 0 Å². The highest BCUT2D eigenvalue weighted by Gasteiger charge is 2.42. The van der Waals surface area contributed by atoms with E-state index in [4.69, 9.17) is 0 Å². The first-order valence-corrected chi connectivity index (χ1v) is 11.1. The van der Waals surface area contributed by atoms with Crippen molar-refractivity contribution in [3.05, 3.63) is 65.7 Å². The van der Waals surface area contributed by atoms with Crippen LogP contribution >= 0.6 is 0 Å². The topological polar surface area (TPSA) is 95.1 Å². The Morgan fingerprint density at radius 1 is 0.833 bits per heavy atom. The van der Waals surface area contributed by atoms with Crippen molar-refractivity contribution < 1.29 is 22.8 Å². The van der Waals surface area contributed by atoms with Crippen molar-refractivity contribution >= 4 is 27.7 Å². The van der Waals surface area contributed by atoms with E-state index in [0.29, 0.717) is 11.1 Å². The molecular formula is C21H21N3O5S. The highest BCUT2D eigenvalue weighted by Crippen LogP contribution is 2.25. The van der Waals surface area contributed by atoms with Crippen molar-refractivity contribution in [3.8, 4) is 0 Å². The molecule has 0 radical (unpaired) electrons. The second kappa shape index (κ2) is 7.66. The number of carbonyl (C=O) groups excluding carboxylic acids is 3. The van der Waals surface area contributed by atoms with Crippen LogP contribution in [0.25, 0.3) is 0 Å². The van der Waals surface area contributed by atoms with Gasteiger partial charge in [-0.25, -0.2) is 8.42 Å². The molecule has 2 heterocycles. The van der Waals surface area contributed by atoms with E-state index in [2.05, 4.69) is 0 Å². The number of amides is 3. The number of carbonyl (C=O) groups is 3. The van der Waals surface area contributed by atoms with Crippen LogP contribution in [0.15, 0.2) is 59.5 Å². The Morgan fingerprint density at radius 3 is 1.87 bits per heavy atom. The molecule has 0 aliphatic carbocycles. The molecule has 3 amide bonds. The third kappa shape index (κ3) is 3.29. The molecule has 0 spiro atoms. The molecule has 0 bridgehead atoms. The lowest BCUT2D eigenvalue weighted by Crippen LogP contribution is -2.55. The summed E-state index contributed by atoms with van der Waals surface area (Å²) in [6.45, 7) is 2.21. The van der Waals surface area contributed by atoms with Gasteiger partial charge < -0.3 is 4.90 Å². The fraction of sp³-hybridized carbons (Fsp3) is 0.286. The number of benzene rings is 2. The molecule has 1 saturated heterocycles. The first-order valence-electron chi connectivity index (χ1n) is 9.63. The third-order valence-corrected chi connectivity index (χ3v) is 7.41. The normalized spacial score (nSPS) is 18.4. The molecular weight excluding hydrogens is 406 g/mol. The second-order valence-corrected chi connectivity index (χ2v) is 9.18. The summed E-state index contributed by atoms with van der Waals surface area (Å²) in [6, 6.07) is 13.7. The third-order valence-electron chi connectivity index (χ3n) is 5.50. The van der Waals surface area contributed by atoms with Crippen molar-refractivity contribution in [3.63, 3.8) is 0 Å². The largest absolute Gasteiger partial charge is 0.338 e. The predicted octanol–water partition coefficient (Wildman–Crippen LogP) is 1.20. The van der Waals surface area contributed by atoms with Gasteiger partial charge in [-0.1, -0.05) is 30.3 Å². The molecule has 30 heavy (non-hydrogen) atoms. The number of rotatable bonds is 4. The first kappa shape index (κ1) is 20.2. The predicted molar refractivity (Wildman–Crippen MR) is 108 cm³/mol. The molecule has 1 atom stereocenters. The van der Waals surface area contributed by atoms with Crippen molar-refractivity contribution in [1.29, 1.82) is 0 Å². The molecule has 2 aliphatic heterocycles. The van der Waals surface area contributed by atoms with Gasteiger partial charge in [0.05, 0.1) is 16.0 Å². The quantitative estimate of drug-likeness (QED) is 0.684. The summed E-state index contributed by atoms with van der Waals surface area (Å²) in [6.07, 6.45) is 0. The molecule has 2 aromatic rings. The average molecular weight is 427 g/mol. The molecule has 9 heteroatoms. The zero-order chi connectivity index (χ0) is 21.5. The summed E-state index contributed by atoms with van der Waals surface area (Å²) in [7, 11) is -3.62. The standard InChI is InChI=1S/C21H21N3O5S/c1-15(24-20(26)17-9-5-6-10-18(17)21(24)27)19(25)22-11-13-23(14-12-22)30(28,29)16-7-3-2-4-8-16/h2-10,15H,11-14H2,1H3. The number of sulfonamides is 1. The summed E-state index contributed by atoms with van der Waals surface area (Å²) in [4.78, 5) is 40.9. The van der Waals surface area contributed by atoms with Crippen molar-refractivity contribution in [2.45, 2.75) is 17.9 Å². The average Bonchev–Trinajstić information content (AvgIpc) is 3.04. The minimum absolute atomic E-state index is 0.151. The summed E-state index contributed by atoms with van der Waals surface area (Å²) in [5, 5.41) is 0. The molecule has 8 nitrogen and oxygen atoms in total. The van der Waals surface area contributed by atoms with E-state index in [1.54, 1.807) is 42.5 Å². The molecule has 0 aromatic heterocycles. The van der Waals surface area contributed by atoms with Crippen LogP contribution in [0.2, 0.25) is 0 Å². The van der Waals surface area contributed by atoms with Gasteiger partial charge in [0.1, 0.15) is 6.04 Å². The monoisotopic (exact) mass is 427 g/mol. The summed E-state index contributed by atoms with van der Waals surface area (Å²) in [5.74, 6) is -1.34. The van der Waals surface area contributed by atoms with Gasteiger partial charge >= 0.3 is 0 Å². The van der Waals surface area contributed by atoms with Crippen LogP contribution in [0.5, 0.6) is 0 Å². The fourth-order valence-electron chi connectivity index (χ4n) is 3.82. The van der Waals surface area contributed by atoms with E-state index < -0.39 is 27.9 Å². The van der Waals surface area contributed by atoms with Crippen LogP contribution in [0, 0.1) is 0 Å². The van der Waals surface area contributed by atoms with Crippen LogP contribution in [-0.2, 0) is 14.8 Å². The summed E-state index contributed by atoms with van der Waals surface area (Å²) >= 11 is 0. The number of imide groups is 1. The van der Waals surface area contributed by atoms with Crippen molar-refractivity contribution in [2.75, 3.05) is 26.2 Å². The number of hydrogen-bond donors (Lipinski definition) is 0. The molecule has 156 valence electrons. The van der Waals surface area contributed by atoms with E-state index in [9.17, 15) is 22.8 Å². The Balaban J connectivity index is 1.44. The fourth-order valence-corrected chi connectivity index (χ4v) is 5.27. The van der Waals surface area contributed by atoms with Gasteiger partial charge in [0, 0.05) is 26.2 Å². The van der Waals surface area contributed by atoms with Crippen LogP contribution in [0.3, 0.4) is 0 Å². The molecule has 2 aliphatic rings. The molecule has 4 rings (SSSR count). The van der Waals surface area contributed by atoms with Crippen LogP contribution in [-0.4, -0.2) is 72.5 Å². The second-order valence-electron chi connectivity index (χ2n) is 7.24. The van der Waals surface area contributed by atoms with E-state index in [-0.39, 0.29) is 37.0 Å². The maximum absolute atomic E-state index is 13.0. The minimum Gasteiger partial charge on any atom is -0.338 e. The highest BCUT2D eigenvalue weighted by molar-refractivity contribution is 7.89. The smallest absolute Gasteiger partial charge is 0.262 e. The van der Waals surface area contributed by atoms with Crippen LogP contribution < -0.4 is 0 Å². The van der Waals surface area contributed by atoms with E-state index in [0.717, 1.165) is 4.90 Å². The number of piperazine rings is 1. The highest BCUT2D eigenvalue weighted by atomic mass is 32.2. The van der Waals surface area contributed by atoms with Gasteiger partial charge in [0.25, 0.3) is 11.8 Å². The van der Waals surface area contributed by atoms with Gasteiger partial charge in [0.2, 0.25) is 15.9 Å². The molecule has 1 fully saturated rings. The van der Waals surface area contributed by atoms with Gasteiger partial charge in [-0.15, -0.1) is 0 Å². The lowest BCUT2D eigenvalue weighted by atomic mass is 10.1. The maximum Gasteiger partial charge on any atom is 0.262 e. The van der Waals surface area contributed by atoms with Crippen molar-refractivity contribution in [1.82, 2.24) is 14.1 Å². The molecule has 1 unspecified atom stereocenters. The van der Waals surface area contributed by atoms with E-state index in [1.165, 1.54) is 28.3 Å².